The quantitative estimate of drug-likeness (QED) is 0.815. The Morgan fingerprint density at radius 1 is 1.56 bits per heavy atom. The van der Waals surface area contributed by atoms with Gasteiger partial charge in [0.15, 0.2) is 0 Å². The number of benzene rings is 1. The number of halogens is 1. The van der Waals surface area contributed by atoms with Gasteiger partial charge in [0.1, 0.15) is 0 Å². The predicted octanol–water partition coefficient (Wildman–Crippen LogP) is 1.85. The molecule has 5 heteroatoms. The van der Waals surface area contributed by atoms with Crippen molar-refractivity contribution in [2.45, 2.75) is 24.9 Å². The first-order valence-electron chi connectivity index (χ1n) is 5.83. The number of aliphatic hydroxyl groups excluding tert-OH is 1. The van der Waals surface area contributed by atoms with E-state index in [4.69, 9.17) is 0 Å². The summed E-state index contributed by atoms with van der Waals surface area (Å²) in [6.07, 6.45) is 2.03. The van der Waals surface area contributed by atoms with Gasteiger partial charge in [-0.3, -0.25) is 0 Å². The minimum atomic E-state index is -0.343. The van der Waals surface area contributed by atoms with Crippen LogP contribution in [0.4, 0.5) is 0 Å². The number of rotatable bonds is 5. The van der Waals surface area contributed by atoms with Crippen molar-refractivity contribution in [1.82, 2.24) is 5.32 Å². The molecule has 2 N–H and O–H groups in total. The molecule has 0 bridgehead atoms. The van der Waals surface area contributed by atoms with Gasteiger partial charge in [-0.25, -0.2) is 4.79 Å². The third kappa shape index (κ3) is 2.91. The second-order valence-corrected chi connectivity index (χ2v) is 5.44. The van der Waals surface area contributed by atoms with Crippen molar-refractivity contribution in [2.75, 3.05) is 13.7 Å². The molecule has 2 rings (SSSR count). The molecule has 0 atom stereocenters. The summed E-state index contributed by atoms with van der Waals surface area (Å²) in [7, 11) is 1.36. The van der Waals surface area contributed by atoms with E-state index in [9.17, 15) is 9.90 Å². The zero-order valence-electron chi connectivity index (χ0n) is 10.2. The van der Waals surface area contributed by atoms with E-state index in [1.165, 1.54) is 7.11 Å². The number of hydrogen-bond acceptors (Lipinski definition) is 4. The topological polar surface area (TPSA) is 58.6 Å². The average Bonchev–Trinajstić information content (AvgIpc) is 3.17. The second kappa shape index (κ2) is 5.38. The molecule has 1 aromatic carbocycles. The monoisotopic (exact) mass is 313 g/mol. The Morgan fingerprint density at radius 3 is 2.78 bits per heavy atom. The molecular weight excluding hydrogens is 298 g/mol. The fraction of sp³-hybridized carbons (Fsp3) is 0.462. The molecule has 98 valence electrons. The maximum atomic E-state index is 11.4. The Morgan fingerprint density at radius 2 is 2.28 bits per heavy atom. The van der Waals surface area contributed by atoms with Crippen molar-refractivity contribution in [3.05, 3.63) is 33.8 Å². The first kappa shape index (κ1) is 13.5. The van der Waals surface area contributed by atoms with E-state index in [1.807, 2.05) is 6.07 Å². The van der Waals surface area contributed by atoms with Crippen molar-refractivity contribution in [1.29, 1.82) is 0 Å². The molecule has 1 aromatic rings. The maximum Gasteiger partial charge on any atom is 0.337 e. The number of hydrogen-bond donors (Lipinski definition) is 2. The number of carbonyl (C=O) groups excluding carboxylic acids is 1. The number of carbonyl (C=O) groups is 1. The lowest BCUT2D eigenvalue weighted by Crippen LogP contribution is -2.34. The highest BCUT2D eigenvalue weighted by Crippen LogP contribution is 2.35. The van der Waals surface area contributed by atoms with Gasteiger partial charge >= 0.3 is 5.97 Å². The molecule has 0 saturated heterocycles. The van der Waals surface area contributed by atoms with Crippen LogP contribution in [0.2, 0.25) is 0 Å². The molecular formula is C13H16BrNO3. The van der Waals surface area contributed by atoms with Crippen LogP contribution in [-0.4, -0.2) is 30.3 Å². The summed E-state index contributed by atoms with van der Waals surface area (Å²) < 4.78 is 5.53. The Balaban J connectivity index is 2.03. The van der Waals surface area contributed by atoms with Gasteiger partial charge in [-0.1, -0.05) is 22.0 Å². The molecule has 1 fully saturated rings. The molecule has 0 aromatic heterocycles. The van der Waals surface area contributed by atoms with Crippen LogP contribution in [0.3, 0.4) is 0 Å². The summed E-state index contributed by atoms with van der Waals surface area (Å²) in [6.45, 7) is 0.841. The summed E-state index contributed by atoms with van der Waals surface area (Å²) >= 11 is 3.44. The molecule has 0 spiro atoms. The number of esters is 1. The minimum Gasteiger partial charge on any atom is -0.465 e. The second-order valence-electron chi connectivity index (χ2n) is 4.59. The highest BCUT2D eigenvalue weighted by atomic mass is 79.9. The smallest absolute Gasteiger partial charge is 0.337 e. The Labute approximate surface area is 114 Å². The number of aliphatic hydroxyl groups is 1. The molecule has 1 aliphatic rings. The fourth-order valence-electron chi connectivity index (χ4n) is 1.76. The van der Waals surface area contributed by atoms with Crippen molar-refractivity contribution in [3.8, 4) is 0 Å². The van der Waals surface area contributed by atoms with Crippen LogP contribution in [0.1, 0.15) is 28.8 Å². The highest BCUT2D eigenvalue weighted by molar-refractivity contribution is 9.10. The van der Waals surface area contributed by atoms with Crippen LogP contribution in [-0.2, 0) is 11.3 Å². The van der Waals surface area contributed by atoms with E-state index in [-0.39, 0.29) is 18.1 Å². The van der Waals surface area contributed by atoms with Crippen LogP contribution in [0.5, 0.6) is 0 Å². The van der Waals surface area contributed by atoms with Crippen LogP contribution < -0.4 is 5.32 Å². The van der Waals surface area contributed by atoms with Crippen molar-refractivity contribution in [3.63, 3.8) is 0 Å². The van der Waals surface area contributed by atoms with Gasteiger partial charge in [-0.2, -0.15) is 0 Å². The van der Waals surface area contributed by atoms with Gasteiger partial charge in [0.05, 0.1) is 19.3 Å². The summed E-state index contributed by atoms with van der Waals surface area (Å²) in [6, 6.07) is 5.38. The predicted molar refractivity (Wildman–Crippen MR) is 71.4 cm³/mol. The Bertz CT molecular complexity index is 458. The molecule has 0 aliphatic heterocycles. The molecule has 1 saturated carbocycles. The Hall–Kier alpha value is -0.910. The van der Waals surface area contributed by atoms with Crippen molar-refractivity contribution < 1.29 is 14.6 Å². The lowest BCUT2D eigenvalue weighted by atomic mass is 10.1. The fourth-order valence-corrected chi connectivity index (χ4v) is 2.28. The minimum absolute atomic E-state index is 0.0829. The molecule has 0 unspecified atom stereocenters. The third-order valence-corrected chi connectivity index (χ3v) is 4.02. The van der Waals surface area contributed by atoms with Gasteiger partial charge < -0.3 is 15.2 Å². The van der Waals surface area contributed by atoms with Gasteiger partial charge in [0.2, 0.25) is 0 Å². The molecule has 4 nitrogen and oxygen atoms in total. The van der Waals surface area contributed by atoms with Crippen LogP contribution >= 0.6 is 15.9 Å². The summed E-state index contributed by atoms with van der Waals surface area (Å²) in [5.74, 6) is -0.343. The SMILES string of the molecule is COC(=O)c1ccc(CNC2(CO)CC2)c(Br)c1. The lowest BCUT2D eigenvalue weighted by molar-refractivity contribution is 0.0600. The van der Waals surface area contributed by atoms with E-state index in [0.29, 0.717) is 12.1 Å². The zero-order chi connectivity index (χ0) is 13.2. The maximum absolute atomic E-state index is 11.4. The summed E-state index contributed by atoms with van der Waals surface area (Å²) in [5, 5.41) is 12.6. The summed E-state index contributed by atoms with van der Waals surface area (Å²) in [4.78, 5) is 11.4. The standard InChI is InChI=1S/C13H16BrNO3/c1-18-12(17)9-2-3-10(11(14)6-9)7-15-13(8-16)4-5-13/h2-3,6,15-16H,4-5,7-8H2,1H3. The van der Waals surface area contributed by atoms with Crippen molar-refractivity contribution in [2.24, 2.45) is 0 Å². The van der Waals surface area contributed by atoms with Gasteiger partial charge in [0, 0.05) is 16.6 Å². The van der Waals surface area contributed by atoms with Crippen LogP contribution in [0, 0.1) is 0 Å². The molecule has 0 amide bonds. The zero-order valence-corrected chi connectivity index (χ0v) is 11.8. The molecule has 1 aliphatic carbocycles. The summed E-state index contributed by atoms with van der Waals surface area (Å²) in [5.41, 5.74) is 1.50. The number of nitrogens with one attached hydrogen (secondary N) is 1. The van der Waals surface area contributed by atoms with E-state index < -0.39 is 0 Å². The lowest BCUT2D eigenvalue weighted by Gasteiger charge is -2.15. The van der Waals surface area contributed by atoms with E-state index in [0.717, 1.165) is 22.9 Å². The highest BCUT2D eigenvalue weighted by Gasteiger charge is 2.41. The van der Waals surface area contributed by atoms with Gasteiger partial charge in [-0.15, -0.1) is 0 Å². The number of methoxy groups -OCH3 is 1. The van der Waals surface area contributed by atoms with E-state index >= 15 is 0 Å². The van der Waals surface area contributed by atoms with E-state index in [1.54, 1.807) is 12.1 Å². The normalized spacial score (nSPS) is 16.4. The van der Waals surface area contributed by atoms with E-state index in [2.05, 4.69) is 26.0 Å². The molecule has 0 radical (unpaired) electrons. The van der Waals surface area contributed by atoms with Crippen LogP contribution in [0.25, 0.3) is 0 Å². The van der Waals surface area contributed by atoms with Crippen LogP contribution in [0.15, 0.2) is 22.7 Å². The molecule has 18 heavy (non-hydrogen) atoms. The largest absolute Gasteiger partial charge is 0.465 e. The first-order chi connectivity index (χ1) is 8.60. The Kier molecular flexibility index (Phi) is 4.04. The third-order valence-electron chi connectivity index (χ3n) is 3.28. The van der Waals surface area contributed by atoms with Gasteiger partial charge in [0.25, 0.3) is 0 Å². The van der Waals surface area contributed by atoms with Crippen molar-refractivity contribution >= 4 is 21.9 Å². The molecule has 0 heterocycles. The number of ether oxygens (including phenoxy) is 1. The first-order valence-corrected chi connectivity index (χ1v) is 6.62. The average molecular weight is 314 g/mol. The van der Waals surface area contributed by atoms with Gasteiger partial charge in [-0.05, 0) is 30.5 Å².